The van der Waals surface area contributed by atoms with Crippen LogP contribution < -0.4 is 0 Å². The average molecular weight is 220 g/mol. The van der Waals surface area contributed by atoms with Crippen molar-refractivity contribution in [2.75, 3.05) is 13.7 Å². The number of aromatic nitrogens is 3. The molecule has 0 aromatic carbocycles. The van der Waals surface area contributed by atoms with Crippen LogP contribution >= 0.6 is 15.9 Å². The molecule has 0 unspecified atom stereocenters. The maximum Gasteiger partial charge on any atom is 0.217 e. The minimum Gasteiger partial charge on any atom is -0.385 e. The van der Waals surface area contributed by atoms with Crippen LogP contribution in [0.1, 0.15) is 6.42 Å². The van der Waals surface area contributed by atoms with Crippen molar-refractivity contribution < 1.29 is 4.74 Å². The van der Waals surface area contributed by atoms with Gasteiger partial charge in [0.2, 0.25) is 4.73 Å². The molecule has 1 aromatic heterocycles. The normalized spacial score (nSPS) is 10.4. The molecule has 0 fully saturated rings. The van der Waals surface area contributed by atoms with Crippen LogP contribution in [0.15, 0.2) is 11.1 Å². The topological polar surface area (TPSA) is 39.9 Å². The van der Waals surface area contributed by atoms with Gasteiger partial charge in [-0.05, 0) is 22.4 Å². The second kappa shape index (κ2) is 4.46. The van der Waals surface area contributed by atoms with Gasteiger partial charge in [-0.3, -0.25) is 4.68 Å². The highest BCUT2D eigenvalue weighted by Crippen LogP contribution is 1.99. The number of hydrogen-bond acceptors (Lipinski definition) is 3. The van der Waals surface area contributed by atoms with Gasteiger partial charge in [-0.15, -0.1) is 5.10 Å². The van der Waals surface area contributed by atoms with E-state index in [0.717, 1.165) is 19.6 Å². The summed E-state index contributed by atoms with van der Waals surface area (Å²) in [7, 11) is 1.69. The Hall–Kier alpha value is -0.420. The Morgan fingerprint density at radius 3 is 3.09 bits per heavy atom. The van der Waals surface area contributed by atoms with E-state index < -0.39 is 0 Å². The summed E-state index contributed by atoms with van der Waals surface area (Å²) in [6.07, 6.45) is 2.66. The minimum atomic E-state index is 0.634. The Balaban J connectivity index is 2.27. The Morgan fingerprint density at radius 2 is 2.55 bits per heavy atom. The van der Waals surface area contributed by atoms with Gasteiger partial charge in [0.25, 0.3) is 0 Å². The Labute approximate surface area is 73.7 Å². The fourth-order valence-electron chi connectivity index (χ4n) is 0.751. The van der Waals surface area contributed by atoms with Gasteiger partial charge in [-0.2, -0.15) is 0 Å². The molecule has 0 aliphatic heterocycles. The molecule has 11 heavy (non-hydrogen) atoms. The highest BCUT2D eigenvalue weighted by molar-refractivity contribution is 9.10. The molecule has 0 amide bonds. The Morgan fingerprint density at radius 1 is 1.73 bits per heavy atom. The average Bonchev–Trinajstić information content (AvgIpc) is 2.37. The van der Waals surface area contributed by atoms with Crippen molar-refractivity contribution in [1.82, 2.24) is 14.8 Å². The van der Waals surface area contributed by atoms with E-state index in [1.807, 2.05) is 0 Å². The monoisotopic (exact) mass is 219 g/mol. The standard InChI is InChI=1S/C6H10BrN3O/c1-11-4-2-3-10-5-8-6(7)9-10/h5H,2-4H2,1H3. The molecule has 4 nitrogen and oxygen atoms in total. The van der Waals surface area contributed by atoms with Crippen LogP contribution in [0, 0.1) is 0 Å². The van der Waals surface area contributed by atoms with E-state index in [9.17, 15) is 0 Å². The van der Waals surface area contributed by atoms with Crippen LogP contribution in [-0.2, 0) is 11.3 Å². The molecule has 0 N–H and O–H groups in total. The van der Waals surface area contributed by atoms with Crippen LogP contribution in [0.5, 0.6) is 0 Å². The van der Waals surface area contributed by atoms with Crippen LogP contribution in [0.3, 0.4) is 0 Å². The van der Waals surface area contributed by atoms with E-state index in [4.69, 9.17) is 4.74 Å². The number of rotatable bonds is 4. The predicted molar refractivity (Wildman–Crippen MR) is 44.2 cm³/mol. The molecule has 62 valence electrons. The van der Waals surface area contributed by atoms with Crippen molar-refractivity contribution in [3.63, 3.8) is 0 Å². The van der Waals surface area contributed by atoms with E-state index in [2.05, 4.69) is 26.0 Å². The van der Waals surface area contributed by atoms with Gasteiger partial charge in [0, 0.05) is 20.3 Å². The SMILES string of the molecule is COCCCn1cnc(Br)n1. The summed E-state index contributed by atoms with van der Waals surface area (Å²) >= 11 is 3.17. The molecule has 1 rings (SSSR count). The molecule has 1 aromatic rings. The molecule has 0 spiro atoms. The zero-order valence-electron chi connectivity index (χ0n) is 6.33. The van der Waals surface area contributed by atoms with Crippen LogP contribution in [0.4, 0.5) is 0 Å². The first-order valence-corrected chi connectivity index (χ1v) is 4.16. The van der Waals surface area contributed by atoms with E-state index in [1.54, 1.807) is 18.1 Å². The third-order valence-electron chi connectivity index (χ3n) is 1.24. The number of methoxy groups -OCH3 is 1. The molecule has 0 radical (unpaired) electrons. The van der Waals surface area contributed by atoms with E-state index in [1.165, 1.54) is 0 Å². The highest BCUT2D eigenvalue weighted by Gasteiger charge is 1.94. The Bertz CT molecular complexity index is 213. The van der Waals surface area contributed by atoms with Crippen LogP contribution in [-0.4, -0.2) is 28.5 Å². The lowest BCUT2D eigenvalue weighted by Crippen LogP contribution is -2.01. The number of ether oxygens (including phenoxy) is 1. The first kappa shape index (κ1) is 8.67. The lowest BCUT2D eigenvalue weighted by molar-refractivity contribution is 0.189. The third kappa shape index (κ3) is 2.98. The van der Waals surface area contributed by atoms with Gasteiger partial charge in [0.05, 0.1) is 0 Å². The van der Waals surface area contributed by atoms with Crippen molar-refractivity contribution in [3.8, 4) is 0 Å². The summed E-state index contributed by atoms with van der Waals surface area (Å²) in [6, 6.07) is 0. The first-order chi connectivity index (χ1) is 5.33. The lowest BCUT2D eigenvalue weighted by Gasteiger charge is -1.97. The summed E-state index contributed by atoms with van der Waals surface area (Å²) < 4.78 is 7.31. The molecule has 0 aliphatic carbocycles. The summed E-state index contributed by atoms with van der Waals surface area (Å²) in [5.41, 5.74) is 0. The second-order valence-electron chi connectivity index (χ2n) is 2.12. The first-order valence-electron chi connectivity index (χ1n) is 3.37. The fraction of sp³-hybridized carbons (Fsp3) is 0.667. The number of nitrogens with zero attached hydrogens (tertiary/aromatic N) is 3. The molecule has 0 bridgehead atoms. The molecule has 5 heteroatoms. The summed E-state index contributed by atoms with van der Waals surface area (Å²) in [5.74, 6) is 0. The molecule has 0 atom stereocenters. The largest absolute Gasteiger partial charge is 0.385 e. The number of hydrogen-bond donors (Lipinski definition) is 0. The van der Waals surface area contributed by atoms with Crippen LogP contribution in [0.25, 0.3) is 0 Å². The predicted octanol–water partition coefficient (Wildman–Crippen LogP) is 1.08. The van der Waals surface area contributed by atoms with Gasteiger partial charge in [0.1, 0.15) is 6.33 Å². The minimum absolute atomic E-state index is 0.634. The molecule has 0 saturated carbocycles. The zero-order valence-corrected chi connectivity index (χ0v) is 7.91. The van der Waals surface area contributed by atoms with Crippen molar-refractivity contribution in [3.05, 3.63) is 11.1 Å². The van der Waals surface area contributed by atoms with Gasteiger partial charge in [0.15, 0.2) is 0 Å². The Kier molecular flexibility index (Phi) is 3.51. The smallest absolute Gasteiger partial charge is 0.217 e. The maximum absolute atomic E-state index is 4.90. The highest BCUT2D eigenvalue weighted by atomic mass is 79.9. The number of halogens is 1. The van der Waals surface area contributed by atoms with Gasteiger partial charge in [-0.25, -0.2) is 4.98 Å². The maximum atomic E-state index is 4.90. The zero-order chi connectivity index (χ0) is 8.10. The summed E-state index contributed by atoms with van der Waals surface area (Å²) in [6.45, 7) is 1.61. The van der Waals surface area contributed by atoms with E-state index in [-0.39, 0.29) is 0 Å². The van der Waals surface area contributed by atoms with Crippen molar-refractivity contribution in [2.24, 2.45) is 0 Å². The summed E-state index contributed by atoms with van der Waals surface area (Å²) in [5, 5.41) is 4.05. The summed E-state index contributed by atoms with van der Waals surface area (Å²) in [4.78, 5) is 3.92. The molecule has 0 aliphatic rings. The fourth-order valence-corrected chi connectivity index (χ4v) is 1.05. The molecule has 0 saturated heterocycles. The molecular formula is C6H10BrN3O. The second-order valence-corrected chi connectivity index (χ2v) is 2.83. The quantitative estimate of drug-likeness (QED) is 0.712. The number of aryl methyl sites for hydroxylation is 1. The van der Waals surface area contributed by atoms with Crippen molar-refractivity contribution >= 4 is 15.9 Å². The van der Waals surface area contributed by atoms with Crippen molar-refractivity contribution in [2.45, 2.75) is 13.0 Å². The molecule has 1 heterocycles. The lowest BCUT2D eigenvalue weighted by atomic mass is 10.5. The van der Waals surface area contributed by atoms with Gasteiger partial charge in [-0.1, -0.05) is 0 Å². The molecular weight excluding hydrogens is 210 g/mol. The van der Waals surface area contributed by atoms with E-state index >= 15 is 0 Å². The van der Waals surface area contributed by atoms with Gasteiger partial charge < -0.3 is 4.74 Å². The van der Waals surface area contributed by atoms with Crippen molar-refractivity contribution in [1.29, 1.82) is 0 Å². The van der Waals surface area contributed by atoms with E-state index in [0.29, 0.717) is 4.73 Å². The van der Waals surface area contributed by atoms with Crippen LogP contribution in [0.2, 0.25) is 0 Å². The van der Waals surface area contributed by atoms with Gasteiger partial charge >= 0.3 is 0 Å². The third-order valence-corrected chi connectivity index (χ3v) is 1.61.